The van der Waals surface area contributed by atoms with Gasteiger partial charge in [-0.15, -0.1) is 11.3 Å². The number of hydrogen-bond donors (Lipinski definition) is 1. The number of Topliss-reactive ketones (excluding diaryl/α,β-unsaturated/α-hetero) is 1. The average Bonchev–Trinajstić information content (AvgIpc) is 3.11. The Balaban J connectivity index is 1.73. The van der Waals surface area contributed by atoms with Gasteiger partial charge in [0.1, 0.15) is 6.10 Å². The van der Waals surface area contributed by atoms with Crippen LogP contribution in [0.5, 0.6) is 0 Å². The molecule has 1 amide bonds. The fourth-order valence-electron chi connectivity index (χ4n) is 3.21. The predicted octanol–water partition coefficient (Wildman–Crippen LogP) is 4.11. The number of ketones is 1. The minimum Gasteiger partial charge on any atom is -0.368 e. The molecule has 1 aliphatic rings. The van der Waals surface area contributed by atoms with Crippen molar-refractivity contribution in [1.29, 1.82) is 0 Å². The van der Waals surface area contributed by atoms with E-state index in [1.165, 1.54) is 11.3 Å². The number of para-hydroxylation sites is 1. The van der Waals surface area contributed by atoms with Crippen molar-refractivity contribution in [3.8, 4) is 0 Å². The lowest BCUT2D eigenvalue weighted by atomic mass is 10.0. The first kappa shape index (κ1) is 19.0. The lowest BCUT2D eigenvalue weighted by Gasteiger charge is -2.24. The number of rotatable bonds is 8. The van der Waals surface area contributed by atoms with Crippen molar-refractivity contribution < 1.29 is 14.3 Å². The van der Waals surface area contributed by atoms with Gasteiger partial charge in [-0.3, -0.25) is 9.59 Å². The molecule has 1 unspecified atom stereocenters. The summed E-state index contributed by atoms with van der Waals surface area (Å²) in [5, 5.41) is 3.41. The second kappa shape index (κ2) is 9.24. The summed E-state index contributed by atoms with van der Waals surface area (Å²) < 4.78 is 6.55. The fourth-order valence-corrected chi connectivity index (χ4v) is 4.17. The standard InChI is InChI=1S/C20H26N2O3S/c1-2-3-4-10-15(21-19(24)16-11-7-8-13-25-16)18(23)20-22-14-9-5-6-12-17(14)26-20/h5-6,9,12,15-16H,2-4,7-8,10-11,13H2,1H3,(H,21,24)/t15-,16?/m0/s1. The number of ether oxygens (including phenoxy) is 1. The van der Waals surface area contributed by atoms with Crippen LogP contribution in [-0.4, -0.2) is 35.4 Å². The molecule has 2 atom stereocenters. The van der Waals surface area contributed by atoms with E-state index >= 15 is 0 Å². The van der Waals surface area contributed by atoms with Gasteiger partial charge in [-0.2, -0.15) is 0 Å². The molecule has 1 N–H and O–H groups in total. The third-order valence-corrected chi connectivity index (χ3v) is 5.76. The van der Waals surface area contributed by atoms with E-state index in [4.69, 9.17) is 4.74 Å². The predicted molar refractivity (Wildman–Crippen MR) is 104 cm³/mol. The van der Waals surface area contributed by atoms with Crippen molar-refractivity contribution in [2.75, 3.05) is 6.61 Å². The van der Waals surface area contributed by atoms with E-state index in [1.807, 2.05) is 24.3 Å². The SMILES string of the molecule is CCCCC[C@H](NC(=O)C1CCCCO1)C(=O)c1nc2ccccc2s1. The number of carbonyl (C=O) groups is 2. The number of hydrogen-bond acceptors (Lipinski definition) is 5. The van der Waals surface area contributed by atoms with Gasteiger partial charge >= 0.3 is 0 Å². The Labute approximate surface area is 158 Å². The van der Waals surface area contributed by atoms with Gasteiger partial charge in [-0.25, -0.2) is 4.98 Å². The summed E-state index contributed by atoms with van der Waals surface area (Å²) in [7, 11) is 0. The van der Waals surface area contributed by atoms with Gasteiger partial charge in [0, 0.05) is 6.61 Å². The number of thiazole rings is 1. The molecule has 5 nitrogen and oxygen atoms in total. The number of carbonyl (C=O) groups excluding carboxylic acids is 2. The van der Waals surface area contributed by atoms with E-state index in [9.17, 15) is 9.59 Å². The number of amides is 1. The zero-order valence-electron chi connectivity index (χ0n) is 15.2. The molecule has 1 aromatic heterocycles. The first-order valence-electron chi connectivity index (χ1n) is 9.51. The zero-order chi connectivity index (χ0) is 18.4. The monoisotopic (exact) mass is 374 g/mol. The van der Waals surface area contributed by atoms with Gasteiger partial charge in [0.2, 0.25) is 11.7 Å². The van der Waals surface area contributed by atoms with Gasteiger partial charge < -0.3 is 10.1 Å². The van der Waals surface area contributed by atoms with Crippen molar-refractivity contribution >= 4 is 33.2 Å². The van der Waals surface area contributed by atoms with Gasteiger partial charge in [-0.05, 0) is 37.8 Å². The van der Waals surface area contributed by atoms with Crippen molar-refractivity contribution in [2.24, 2.45) is 0 Å². The number of aromatic nitrogens is 1. The molecule has 0 aliphatic carbocycles. The summed E-state index contributed by atoms with van der Waals surface area (Å²) in [5.41, 5.74) is 0.829. The fraction of sp³-hybridized carbons (Fsp3) is 0.550. The van der Waals surface area contributed by atoms with Crippen molar-refractivity contribution in [1.82, 2.24) is 10.3 Å². The highest BCUT2D eigenvalue weighted by atomic mass is 32.1. The smallest absolute Gasteiger partial charge is 0.249 e. The Morgan fingerprint density at radius 3 is 2.88 bits per heavy atom. The van der Waals surface area contributed by atoms with Crippen molar-refractivity contribution in [2.45, 2.75) is 64.0 Å². The molecule has 6 heteroatoms. The maximum absolute atomic E-state index is 13.0. The summed E-state index contributed by atoms with van der Waals surface area (Å²) >= 11 is 1.39. The second-order valence-corrected chi connectivity index (χ2v) is 7.79. The molecule has 0 radical (unpaired) electrons. The minimum absolute atomic E-state index is 0.0912. The van der Waals surface area contributed by atoms with Gasteiger partial charge in [0.25, 0.3) is 0 Å². The Kier molecular flexibility index (Phi) is 6.74. The summed E-state index contributed by atoms with van der Waals surface area (Å²) in [6.07, 6.45) is 5.94. The molecule has 0 spiro atoms. The number of unbranched alkanes of at least 4 members (excludes halogenated alkanes) is 2. The molecule has 140 valence electrons. The van der Waals surface area contributed by atoms with Crippen LogP contribution in [0.4, 0.5) is 0 Å². The Morgan fingerprint density at radius 1 is 1.31 bits per heavy atom. The Bertz CT molecular complexity index is 719. The lowest BCUT2D eigenvalue weighted by Crippen LogP contribution is -2.47. The highest BCUT2D eigenvalue weighted by Crippen LogP contribution is 2.24. The lowest BCUT2D eigenvalue weighted by molar-refractivity contribution is -0.136. The molecule has 0 bridgehead atoms. The molecule has 1 saturated heterocycles. The van der Waals surface area contributed by atoms with E-state index in [0.29, 0.717) is 18.0 Å². The summed E-state index contributed by atoms with van der Waals surface area (Å²) in [5.74, 6) is -0.257. The molecule has 0 saturated carbocycles. The average molecular weight is 375 g/mol. The largest absolute Gasteiger partial charge is 0.368 e. The minimum atomic E-state index is -0.528. The molecular weight excluding hydrogens is 348 g/mol. The van der Waals surface area contributed by atoms with Crippen LogP contribution in [0, 0.1) is 0 Å². The van der Waals surface area contributed by atoms with Crippen LogP contribution in [0.25, 0.3) is 10.2 Å². The van der Waals surface area contributed by atoms with Crippen molar-refractivity contribution in [3.05, 3.63) is 29.3 Å². The molecule has 1 fully saturated rings. The number of fused-ring (bicyclic) bond motifs is 1. The highest BCUT2D eigenvalue weighted by Gasteiger charge is 2.29. The van der Waals surface area contributed by atoms with Gasteiger partial charge in [-0.1, -0.05) is 38.3 Å². The highest BCUT2D eigenvalue weighted by molar-refractivity contribution is 7.20. The van der Waals surface area contributed by atoms with Crippen LogP contribution < -0.4 is 5.32 Å². The third kappa shape index (κ3) is 4.68. The molecule has 2 heterocycles. The number of nitrogens with zero attached hydrogens (tertiary/aromatic N) is 1. The van der Waals surface area contributed by atoms with Crippen molar-refractivity contribution in [3.63, 3.8) is 0 Å². The van der Waals surface area contributed by atoms with Gasteiger partial charge in [0.15, 0.2) is 5.01 Å². The van der Waals surface area contributed by atoms with Crippen LogP contribution in [0.15, 0.2) is 24.3 Å². The number of nitrogens with one attached hydrogen (secondary N) is 1. The van der Waals surface area contributed by atoms with E-state index in [1.54, 1.807) is 0 Å². The first-order chi connectivity index (χ1) is 12.7. The number of benzene rings is 1. The van der Waals surface area contributed by atoms with E-state index in [-0.39, 0.29) is 11.7 Å². The molecule has 1 aromatic carbocycles. The van der Waals surface area contributed by atoms with E-state index in [0.717, 1.165) is 48.7 Å². The van der Waals surface area contributed by atoms with Crippen LogP contribution in [0.3, 0.4) is 0 Å². The van der Waals surface area contributed by atoms with Crippen LogP contribution in [0.1, 0.15) is 61.7 Å². The molecule has 2 aromatic rings. The summed E-state index contributed by atoms with van der Waals surface area (Å²) in [4.78, 5) is 30.0. The normalized spacial score (nSPS) is 18.6. The second-order valence-electron chi connectivity index (χ2n) is 6.76. The first-order valence-corrected chi connectivity index (χ1v) is 10.3. The van der Waals surface area contributed by atoms with Crippen LogP contribution in [0.2, 0.25) is 0 Å². The van der Waals surface area contributed by atoms with Crippen LogP contribution >= 0.6 is 11.3 Å². The third-order valence-electron chi connectivity index (χ3n) is 4.71. The Morgan fingerprint density at radius 2 is 2.15 bits per heavy atom. The molecule has 3 rings (SSSR count). The zero-order valence-corrected chi connectivity index (χ0v) is 16.0. The summed E-state index contributed by atoms with van der Waals surface area (Å²) in [6, 6.07) is 7.19. The van der Waals surface area contributed by atoms with E-state index in [2.05, 4.69) is 17.2 Å². The van der Waals surface area contributed by atoms with Gasteiger partial charge in [0.05, 0.1) is 16.3 Å². The molecule has 26 heavy (non-hydrogen) atoms. The molecule has 1 aliphatic heterocycles. The quantitative estimate of drug-likeness (QED) is 0.558. The van der Waals surface area contributed by atoms with Crippen LogP contribution in [-0.2, 0) is 9.53 Å². The molecular formula is C20H26N2O3S. The Hall–Kier alpha value is -1.79. The maximum Gasteiger partial charge on any atom is 0.249 e. The van der Waals surface area contributed by atoms with E-state index < -0.39 is 12.1 Å². The topological polar surface area (TPSA) is 68.3 Å². The maximum atomic E-state index is 13.0. The summed E-state index contributed by atoms with van der Waals surface area (Å²) in [6.45, 7) is 2.74.